The molecule has 1 heterocycles. The molecule has 0 aromatic rings. The number of carbonyl (C=O) groups excluding carboxylic acids is 1. The van der Waals surface area contributed by atoms with Gasteiger partial charge in [0, 0.05) is 18.8 Å². The molecule has 0 aromatic heterocycles. The fourth-order valence-corrected chi connectivity index (χ4v) is 8.92. The Morgan fingerprint density at radius 2 is 1.71 bits per heavy atom. The molecule has 158 valence electrons. The molecule has 5 aliphatic rings. The first-order valence-corrected chi connectivity index (χ1v) is 11.7. The summed E-state index contributed by atoms with van der Waals surface area (Å²) in [7, 11) is 0. The number of hydrogen-bond acceptors (Lipinski definition) is 4. The van der Waals surface area contributed by atoms with Crippen molar-refractivity contribution < 1.29 is 19.4 Å². The Hall–Kier alpha value is -0.450. The Bertz CT molecular complexity index is 628. The van der Waals surface area contributed by atoms with Gasteiger partial charge in [-0.1, -0.05) is 20.8 Å². The van der Waals surface area contributed by atoms with Crippen LogP contribution in [0, 0.1) is 46.3 Å². The lowest BCUT2D eigenvalue weighted by atomic mass is 9.43. The largest absolute Gasteiger partial charge is 0.393 e. The zero-order chi connectivity index (χ0) is 19.7. The number of carbonyl (C=O) groups is 1. The molecule has 0 bridgehead atoms. The second-order valence-electron chi connectivity index (χ2n) is 11.3. The van der Waals surface area contributed by atoms with Crippen LogP contribution in [0.5, 0.6) is 0 Å². The van der Waals surface area contributed by atoms with Crippen LogP contribution in [0.4, 0.5) is 0 Å². The highest BCUT2D eigenvalue weighted by Gasteiger charge is 2.64. The van der Waals surface area contributed by atoms with Crippen LogP contribution in [0.25, 0.3) is 0 Å². The molecule has 4 heteroatoms. The SMILES string of the molecule is C[C@H](C=O)[C@H]1CCC2C3C(CC[C@@]21C)[C@@]1(C)CCC2(C[C@@H]1C[C@H]3O)OCCO2. The van der Waals surface area contributed by atoms with Gasteiger partial charge in [0.1, 0.15) is 6.29 Å². The quantitative estimate of drug-likeness (QED) is 0.718. The molecule has 4 nitrogen and oxygen atoms in total. The van der Waals surface area contributed by atoms with Gasteiger partial charge in [-0.05, 0) is 78.9 Å². The van der Waals surface area contributed by atoms with E-state index in [-0.39, 0.29) is 23.2 Å². The van der Waals surface area contributed by atoms with Crippen LogP contribution in [0.1, 0.15) is 72.1 Å². The van der Waals surface area contributed by atoms with Gasteiger partial charge in [-0.15, -0.1) is 0 Å². The third-order valence-electron chi connectivity index (χ3n) is 10.4. The Kier molecular flexibility index (Phi) is 4.54. The van der Waals surface area contributed by atoms with Crippen molar-refractivity contribution in [3.8, 4) is 0 Å². The second kappa shape index (κ2) is 6.52. The number of aldehydes is 1. The van der Waals surface area contributed by atoms with Crippen LogP contribution < -0.4 is 0 Å². The Morgan fingerprint density at radius 1 is 1.00 bits per heavy atom. The van der Waals surface area contributed by atoms with Gasteiger partial charge in [0.05, 0.1) is 19.3 Å². The molecule has 4 aliphatic carbocycles. The summed E-state index contributed by atoms with van der Waals surface area (Å²) in [4.78, 5) is 11.5. The first-order valence-electron chi connectivity index (χ1n) is 11.7. The third kappa shape index (κ3) is 2.56. The minimum atomic E-state index is -0.363. The summed E-state index contributed by atoms with van der Waals surface area (Å²) in [6, 6.07) is 0. The maximum atomic E-state index is 11.5. The van der Waals surface area contributed by atoms with E-state index in [0.717, 1.165) is 45.3 Å². The van der Waals surface area contributed by atoms with Crippen molar-refractivity contribution in [1.29, 1.82) is 0 Å². The predicted octanol–water partition coefficient (Wildman–Crippen LogP) is 4.19. The van der Waals surface area contributed by atoms with Crippen LogP contribution in [0.15, 0.2) is 0 Å². The fraction of sp³-hybridized carbons (Fsp3) is 0.958. The van der Waals surface area contributed by atoms with E-state index in [1.165, 1.54) is 25.5 Å². The number of hydrogen-bond donors (Lipinski definition) is 1. The molecule has 5 fully saturated rings. The number of ether oxygens (including phenoxy) is 2. The fourth-order valence-electron chi connectivity index (χ4n) is 8.92. The van der Waals surface area contributed by atoms with Gasteiger partial charge in [-0.2, -0.15) is 0 Å². The molecule has 1 N–H and O–H groups in total. The predicted molar refractivity (Wildman–Crippen MR) is 106 cm³/mol. The van der Waals surface area contributed by atoms with Crippen molar-refractivity contribution in [1.82, 2.24) is 0 Å². The molecule has 1 saturated heterocycles. The zero-order valence-electron chi connectivity index (χ0n) is 17.9. The maximum absolute atomic E-state index is 11.5. The van der Waals surface area contributed by atoms with Gasteiger partial charge in [0.15, 0.2) is 5.79 Å². The van der Waals surface area contributed by atoms with E-state index in [4.69, 9.17) is 9.47 Å². The topological polar surface area (TPSA) is 55.8 Å². The molecule has 1 aliphatic heterocycles. The third-order valence-corrected chi connectivity index (χ3v) is 10.4. The highest BCUT2D eigenvalue weighted by atomic mass is 16.7. The van der Waals surface area contributed by atoms with Crippen LogP contribution in [0.2, 0.25) is 0 Å². The lowest BCUT2D eigenvalue weighted by Gasteiger charge is -2.63. The molecule has 0 radical (unpaired) electrons. The summed E-state index contributed by atoms with van der Waals surface area (Å²) in [6.07, 6.45) is 9.73. The van der Waals surface area contributed by atoms with Gasteiger partial charge < -0.3 is 19.4 Å². The molecule has 1 spiro atoms. The van der Waals surface area contributed by atoms with Crippen LogP contribution in [-0.2, 0) is 14.3 Å². The first kappa shape index (κ1) is 19.5. The molecular formula is C24H38O4. The molecule has 28 heavy (non-hydrogen) atoms. The molecule has 3 unspecified atom stereocenters. The summed E-state index contributed by atoms with van der Waals surface area (Å²) >= 11 is 0. The number of fused-ring (bicyclic) bond motifs is 5. The minimum Gasteiger partial charge on any atom is -0.393 e. The Balaban J connectivity index is 1.42. The van der Waals surface area contributed by atoms with E-state index >= 15 is 0 Å². The van der Waals surface area contributed by atoms with E-state index in [0.29, 0.717) is 35.0 Å². The molecule has 4 saturated carbocycles. The van der Waals surface area contributed by atoms with E-state index < -0.39 is 0 Å². The summed E-state index contributed by atoms with van der Waals surface area (Å²) in [5.74, 6) is 2.34. The highest BCUT2D eigenvalue weighted by Crippen LogP contribution is 2.69. The van der Waals surface area contributed by atoms with Gasteiger partial charge in [0.2, 0.25) is 0 Å². The summed E-state index contributed by atoms with van der Waals surface area (Å²) in [5, 5.41) is 11.4. The van der Waals surface area contributed by atoms with Gasteiger partial charge in [-0.3, -0.25) is 0 Å². The van der Waals surface area contributed by atoms with Crippen molar-refractivity contribution in [2.24, 2.45) is 46.3 Å². The van der Waals surface area contributed by atoms with Gasteiger partial charge in [0.25, 0.3) is 0 Å². The second-order valence-corrected chi connectivity index (χ2v) is 11.3. The first-order chi connectivity index (χ1) is 13.3. The molecule has 0 aromatic carbocycles. The van der Waals surface area contributed by atoms with E-state index in [1.54, 1.807) is 0 Å². The molecule has 5 rings (SSSR count). The van der Waals surface area contributed by atoms with Crippen molar-refractivity contribution >= 4 is 6.29 Å². The van der Waals surface area contributed by atoms with Crippen LogP contribution in [-0.4, -0.2) is 36.5 Å². The Morgan fingerprint density at radius 3 is 2.43 bits per heavy atom. The van der Waals surface area contributed by atoms with Crippen molar-refractivity contribution in [2.75, 3.05) is 13.2 Å². The van der Waals surface area contributed by atoms with Crippen molar-refractivity contribution in [3.05, 3.63) is 0 Å². The van der Waals surface area contributed by atoms with E-state index in [2.05, 4.69) is 20.8 Å². The molecule has 0 amide bonds. The summed E-state index contributed by atoms with van der Waals surface area (Å²) < 4.78 is 12.1. The monoisotopic (exact) mass is 390 g/mol. The standard InChI is InChI=1S/C24H38O4/c1-15(14-25)17-4-5-18-21-19(6-7-23(17,18)3)22(2)8-9-24(27-10-11-28-24)13-16(22)12-20(21)26/h14-21,26H,4-13H2,1-3H3/t15-,16+,17-,18?,19?,20-,21?,22+,23-/m1/s1. The van der Waals surface area contributed by atoms with E-state index in [1.807, 2.05) is 0 Å². The van der Waals surface area contributed by atoms with Crippen molar-refractivity contribution in [2.45, 2.75) is 84.0 Å². The normalized spacial score (nSPS) is 53.3. The lowest BCUT2D eigenvalue weighted by molar-refractivity contribution is -0.242. The van der Waals surface area contributed by atoms with Gasteiger partial charge >= 0.3 is 0 Å². The zero-order valence-corrected chi connectivity index (χ0v) is 17.9. The highest BCUT2D eigenvalue weighted by molar-refractivity contribution is 5.53. The Labute approximate surface area is 169 Å². The molecular weight excluding hydrogens is 352 g/mol. The minimum absolute atomic E-state index is 0.141. The number of aliphatic hydroxyl groups excluding tert-OH is 1. The summed E-state index contributed by atoms with van der Waals surface area (Å²) in [6.45, 7) is 8.48. The van der Waals surface area contributed by atoms with Gasteiger partial charge in [-0.25, -0.2) is 0 Å². The summed E-state index contributed by atoms with van der Waals surface area (Å²) in [5.41, 5.74) is 0.513. The average molecular weight is 391 g/mol. The smallest absolute Gasteiger partial charge is 0.168 e. The number of rotatable bonds is 2. The lowest BCUT2D eigenvalue weighted by Crippen LogP contribution is -2.60. The van der Waals surface area contributed by atoms with Crippen LogP contribution in [0.3, 0.4) is 0 Å². The maximum Gasteiger partial charge on any atom is 0.168 e. The van der Waals surface area contributed by atoms with E-state index in [9.17, 15) is 9.90 Å². The van der Waals surface area contributed by atoms with Crippen molar-refractivity contribution in [3.63, 3.8) is 0 Å². The molecule has 9 atom stereocenters. The van der Waals surface area contributed by atoms with Crippen LogP contribution >= 0.6 is 0 Å². The average Bonchev–Trinajstić information content (AvgIpc) is 3.27. The number of aliphatic hydroxyl groups is 1.